The Balaban J connectivity index is 1.86. The number of rotatable bonds is 2. The molecule has 0 atom stereocenters. The van der Waals surface area contributed by atoms with Crippen molar-refractivity contribution in [2.75, 3.05) is 0 Å². The minimum Gasteiger partial charge on any atom is -0.457 e. The second-order valence-electron chi connectivity index (χ2n) is 4.20. The Labute approximate surface area is 95.7 Å². The molecular weight excluding hydrogens is 196 g/mol. The van der Waals surface area contributed by atoms with Gasteiger partial charge in [-0.15, -0.1) is 0 Å². The number of hydrogen-bond acceptors (Lipinski definition) is 1. The van der Waals surface area contributed by atoms with Crippen LogP contribution in [0.1, 0.15) is 17.5 Å². The van der Waals surface area contributed by atoms with E-state index in [-0.39, 0.29) is 0 Å². The van der Waals surface area contributed by atoms with Crippen molar-refractivity contribution in [3.8, 4) is 11.5 Å². The van der Waals surface area contributed by atoms with E-state index in [9.17, 15) is 0 Å². The molecule has 16 heavy (non-hydrogen) atoms. The van der Waals surface area contributed by atoms with Crippen molar-refractivity contribution in [2.45, 2.75) is 19.3 Å². The maximum absolute atomic E-state index is 5.80. The molecule has 1 heteroatoms. The lowest BCUT2D eigenvalue weighted by Gasteiger charge is -2.07. The molecular formula is C15H14O. The van der Waals surface area contributed by atoms with Gasteiger partial charge in [0.15, 0.2) is 0 Å². The lowest BCUT2D eigenvalue weighted by atomic mass is 10.1. The van der Waals surface area contributed by atoms with Gasteiger partial charge >= 0.3 is 0 Å². The Morgan fingerprint density at radius 1 is 0.750 bits per heavy atom. The second-order valence-corrected chi connectivity index (χ2v) is 4.20. The minimum absolute atomic E-state index is 0.903. The number of benzene rings is 2. The summed E-state index contributed by atoms with van der Waals surface area (Å²) in [5.74, 6) is 1.85. The summed E-state index contributed by atoms with van der Waals surface area (Å²) in [6.45, 7) is 0. The quantitative estimate of drug-likeness (QED) is 0.728. The predicted molar refractivity (Wildman–Crippen MR) is 65.0 cm³/mol. The fourth-order valence-corrected chi connectivity index (χ4v) is 2.24. The van der Waals surface area contributed by atoms with Gasteiger partial charge in [-0.3, -0.25) is 0 Å². The van der Waals surface area contributed by atoms with Gasteiger partial charge in [0.25, 0.3) is 0 Å². The molecule has 0 bridgehead atoms. The first-order valence-electron chi connectivity index (χ1n) is 5.76. The summed E-state index contributed by atoms with van der Waals surface area (Å²) in [6.07, 6.45) is 3.70. The van der Waals surface area contributed by atoms with E-state index in [0.29, 0.717) is 0 Å². The van der Waals surface area contributed by atoms with E-state index in [0.717, 1.165) is 11.5 Å². The van der Waals surface area contributed by atoms with Crippen LogP contribution in [0.15, 0.2) is 48.5 Å². The zero-order valence-electron chi connectivity index (χ0n) is 9.15. The molecule has 0 saturated heterocycles. The van der Waals surface area contributed by atoms with E-state index in [2.05, 4.69) is 18.2 Å². The highest BCUT2D eigenvalue weighted by Gasteiger charge is 2.11. The van der Waals surface area contributed by atoms with Crippen molar-refractivity contribution in [1.29, 1.82) is 0 Å². The van der Waals surface area contributed by atoms with Crippen LogP contribution in [-0.4, -0.2) is 0 Å². The van der Waals surface area contributed by atoms with Crippen molar-refractivity contribution in [3.63, 3.8) is 0 Å². The molecule has 0 N–H and O–H groups in total. The third kappa shape index (κ3) is 1.81. The zero-order valence-corrected chi connectivity index (χ0v) is 9.15. The van der Waals surface area contributed by atoms with Crippen molar-refractivity contribution in [2.24, 2.45) is 0 Å². The van der Waals surface area contributed by atoms with Crippen LogP contribution in [0.25, 0.3) is 0 Å². The molecule has 0 amide bonds. The third-order valence-corrected chi connectivity index (χ3v) is 3.05. The van der Waals surface area contributed by atoms with Crippen molar-refractivity contribution < 1.29 is 4.74 Å². The van der Waals surface area contributed by atoms with Gasteiger partial charge in [0.1, 0.15) is 11.5 Å². The molecule has 1 aliphatic rings. The number of para-hydroxylation sites is 1. The molecule has 1 aliphatic carbocycles. The number of aryl methyl sites for hydroxylation is 2. The molecule has 0 fully saturated rings. The Bertz CT molecular complexity index is 488. The van der Waals surface area contributed by atoms with Crippen LogP contribution in [0.3, 0.4) is 0 Å². The average Bonchev–Trinajstić information content (AvgIpc) is 2.77. The Morgan fingerprint density at radius 2 is 1.56 bits per heavy atom. The summed E-state index contributed by atoms with van der Waals surface area (Å²) in [5, 5.41) is 0. The monoisotopic (exact) mass is 210 g/mol. The molecule has 1 nitrogen and oxygen atoms in total. The molecule has 0 aliphatic heterocycles. The zero-order chi connectivity index (χ0) is 10.8. The van der Waals surface area contributed by atoms with Gasteiger partial charge in [-0.1, -0.05) is 24.3 Å². The van der Waals surface area contributed by atoms with Crippen LogP contribution in [-0.2, 0) is 12.8 Å². The Morgan fingerprint density at radius 3 is 2.44 bits per heavy atom. The van der Waals surface area contributed by atoms with Crippen molar-refractivity contribution in [3.05, 3.63) is 59.7 Å². The van der Waals surface area contributed by atoms with Crippen molar-refractivity contribution in [1.82, 2.24) is 0 Å². The summed E-state index contributed by atoms with van der Waals surface area (Å²) < 4.78 is 5.80. The lowest BCUT2D eigenvalue weighted by Crippen LogP contribution is -1.87. The van der Waals surface area contributed by atoms with Gasteiger partial charge in [-0.05, 0) is 54.7 Å². The highest BCUT2D eigenvalue weighted by Crippen LogP contribution is 2.28. The van der Waals surface area contributed by atoms with Gasteiger partial charge in [-0.2, -0.15) is 0 Å². The van der Waals surface area contributed by atoms with Gasteiger partial charge in [0.05, 0.1) is 0 Å². The van der Waals surface area contributed by atoms with Crippen LogP contribution in [0.4, 0.5) is 0 Å². The third-order valence-electron chi connectivity index (χ3n) is 3.05. The van der Waals surface area contributed by atoms with Crippen LogP contribution >= 0.6 is 0 Å². The molecule has 80 valence electrons. The Kier molecular flexibility index (Phi) is 2.37. The first-order valence-corrected chi connectivity index (χ1v) is 5.76. The molecule has 0 heterocycles. The molecule has 0 spiro atoms. The first-order chi connectivity index (χ1) is 7.92. The summed E-state index contributed by atoms with van der Waals surface area (Å²) >= 11 is 0. The molecule has 0 radical (unpaired) electrons. The SMILES string of the molecule is c1ccc(Oc2ccc3c(c2)CCC3)cc1. The van der Waals surface area contributed by atoms with Gasteiger partial charge in [-0.25, -0.2) is 0 Å². The second kappa shape index (κ2) is 4.01. The molecule has 0 unspecified atom stereocenters. The van der Waals surface area contributed by atoms with Crippen LogP contribution < -0.4 is 4.74 Å². The van der Waals surface area contributed by atoms with Gasteiger partial charge in [0, 0.05) is 0 Å². The largest absolute Gasteiger partial charge is 0.457 e. The standard InChI is InChI=1S/C15H14O/c1-2-7-14(8-3-1)16-15-10-9-12-5-4-6-13(12)11-15/h1-3,7-11H,4-6H2. The highest BCUT2D eigenvalue weighted by molar-refractivity contribution is 5.40. The molecule has 0 aromatic heterocycles. The lowest BCUT2D eigenvalue weighted by molar-refractivity contribution is 0.482. The van der Waals surface area contributed by atoms with Crippen LogP contribution in [0, 0.1) is 0 Å². The van der Waals surface area contributed by atoms with Gasteiger partial charge < -0.3 is 4.74 Å². The molecule has 2 aromatic rings. The fourth-order valence-electron chi connectivity index (χ4n) is 2.24. The van der Waals surface area contributed by atoms with E-state index in [4.69, 9.17) is 4.74 Å². The number of hydrogen-bond donors (Lipinski definition) is 0. The van der Waals surface area contributed by atoms with Crippen LogP contribution in [0.2, 0.25) is 0 Å². The minimum atomic E-state index is 0.903. The summed E-state index contributed by atoms with van der Waals surface area (Å²) in [7, 11) is 0. The van der Waals surface area contributed by atoms with Crippen molar-refractivity contribution >= 4 is 0 Å². The smallest absolute Gasteiger partial charge is 0.127 e. The van der Waals surface area contributed by atoms with Gasteiger partial charge in [0.2, 0.25) is 0 Å². The maximum Gasteiger partial charge on any atom is 0.127 e. The van der Waals surface area contributed by atoms with E-state index >= 15 is 0 Å². The van der Waals surface area contributed by atoms with E-state index in [1.807, 2.05) is 30.3 Å². The number of ether oxygens (including phenoxy) is 1. The van der Waals surface area contributed by atoms with E-state index in [1.54, 1.807) is 0 Å². The maximum atomic E-state index is 5.80. The molecule has 3 rings (SSSR count). The highest BCUT2D eigenvalue weighted by atomic mass is 16.5. The van der Waals surface area contributed by atoms with Crippen LogP contribution in [0.5, 0.6) is 11.5 Å². The summed E-state index contributed by atoms with van der Waals surface area (Å²) in [4.78, 5) is 0. The normalized spacial score (nSPS) is 13.5. The predicted octanol–water partition coefficient (Wildman–Crippen LogP) is 3.97. The van der Waals surface area contributed by atoms with E-state index in [1.165, 1.54) is 30.4 Å². The fraction of sp³-hybridized carbons (Fsp3) is 0.200. The summed E-state index contributed by atoms with van der Waals surface area (Å²) in [6, 6.07) is 16.4. The number of fused-ring (bicyclic) bond motifs is 1. The average molecular weight is 210 g/mol. The molecule has 0 saturated carbocycles. The van der Waals surface area contributed by atoms with E-state index < -0.39 is 0 Å². The first kappa shape index (κ1) is 9.46. The summed E-state index contributed by atoms with van der Waals surface area (Å²) in [5.41, 5.74) is 2.94. The molecule has 2 aromatic carbocycles. The topological polar surface area (TPSA) is 9.23 Å². The Hall–Kier alpha value is -1.76.